The van der Waals surface area contributed by atoms with Crippen molar-refractivity contribution in [1.29, 1.82) is 0 Å². The van der Waals surface area contributed by atoms with E-state index in [0.29, 0.717) is 5.69 Å². The summed E-state index contributed by atoms with van der Waals surface area (Å²) in [5.41, 5.74) is 1.63. The Morgan fingerprint density at radius 3 is 2.69 bits per heavy atom. The predicted octanol–water partition coefficient (Wildman–Crippen LogP) is 1.81. The van der Waals surface area contributed by atoms with Crippen LogP contribution in [0, 0.1) is 6.92 Å². The third kappa shape index (κ3) is 1.95. The predicted molar refractivity (Wildman–Crippen MR) is 59.6 cm³/mol. The van der Waals surface area contributed by atoms with Crippen molar-refractivity contribution in [1.82, 2.24) is 9.55 Å². The molecule has 16 heavy (non-hydrogen) atoms. The molecule has 1 aromatic carbocycles. The summed E-state index contributed by atoms with van der Waals surface area (Å²) in [6.07, 6.45) is 1.59. The Bertz CT molecular complexity index is 503. The van der Waals surface area contributed by atoms with E-state index in [1.807, 2.05) is 41.8 Å². The maximum absolute atomic E-state index is 10.7. The van der Waals surface area contributed by atoms with E-state index in [9.17, 15) is 4.79 Å². The highest BCUT2D eigenvalue weighted by atomic mass is 16.4. The summed E-state index contributed by atoms with van der Waals surface area (Å²) in [6.45, 7) is 1.86. The third-order valence-electron chi connectivity index (χ3n) is 2.36. The number of aryl methyl sites for hydroxylation is 1. The van der Waals surface area contributed by atoms with Crippen molar-refractivity contribution in [2.45, 2.75) is 13.3 Å². The van der Waals surface area contributed by atoms with Gasteiger partial charge in [-0.2, -0.15) is 0 Å². The highest BCUT2D eigenvalue weighted by molar-refractivity contribution is 5.69. The van der Waals surface area contributed by atoms with Crippen molar-refractivity contribution >= 4 is 5.97 Å². The Balaban J connectivity index is 2.47. The van der Waals surface area contributed by atoms with Crippen molar-refractivity contribution in [3.8, 4) is 5.69 Å². The van der Waals surface area contributed by atoms with E-state index >= 15 is 0 Å². The van der Waals surface area contributed by atoms with Gasteiger partial charge in [-0.1, -0.05) is 18.2 Å². The molecule has 2 aromatic rings. The van der Waals surface area contributed by atoms with Crippen LogP contribution in [0.15, 0.2) is 36.5 Å². The van der Waals surface area contributed by atoms with E-state index in [4.69, 9.17) is 5.11 Å². The molecule has 1 N–H and O–H groups in total. The molecule has 0 aliphatic heterocycles. The van der Waals surface area contributed by atoms with E-state index in [2.05, 4.69) is 4.98 Å². The van der Waals surface area contributed by atoms with Gasteiger partial charge in [-0.05, 0) is 19.1 Å². The van der Waals surface area contributed by atoms with Crippen molar-refractivity contribution < 1.29 is 9.90 Å². The first-order valence-electron chi connectivity index (χ1n) is 4.99. The first kappa shape index (κ1) is 10.4. The van der Waals surface area contributed by atoms with E-state index in [-0.39, 0.29) is 6.42 Å². The molecule has 0 saturated carbocycles. The van der Waals surface area contributed by atoms with Crippen molar-refractivity contribution in [2.75, 3.05) is 0 Å². The van der Waals surface area contributed by atoms with Crippen LogP contribution in [0.5, 0.6) is 0 Å². The molecule has 82 valence electrons. The number of hydrogen-bond acceptors (Lipinski definition) is 2. The van der Waals surface area contributed by atoms with Crippen LogP contribution >= 0.6 is 0 Å². The minimum Gasteiger partial charge on any atom is -0.481 e. The molecule has 0 radical (unpaired) electrons. The average molecular weight is 216 g/mol. The Kier molecular flexibility index (Phi) is 2.72. The van der Waals surface area contributed by atoms with Gasteiger partial charge in [0.1, 0.15) is 5.82 Å². The van der Waals surface area contributed by atoms with E-state index < -0.39 is 5.97 Å². The zero-order valence-corrected chi connectivity index (χ0v) is 8.92. The molecule has 0 unspecified atom stereocenters. The Hall–Kier alpha value is -2.10. The van der Waals surface area contributed by atoms with Crippen LogP contribution in [0.1, 0.15) is 11.5 Å². The molecule has 0 saturated heterocycles. The molecular formula is C12H12N2O2. The highest BCUT2D eigenvalue weighted by Crippen LogP contribution is 2.14. The van der Waals surface area contributed by atoms with Gasteiger partial charge in [0.15, 0.2) is 0 Å². The molecule has 0 aliphatic rings. The monoisotopic (exact) mass is 216 g/mol. The van der Waals surface area contributed by atoms with Crippen LogP contribution in [0.4, 0.5) is 0 Å². The van der Waals surface area contributed by atoms with Gasteiger partial charge in [-0.25, -0.2) is 4.98 Å². The van der Waals surface area contributed by atoms with Gasteiger partial charge in [0.25, 0.3) is 0 Å². The number of nitrogens with zero attached hydrogens (tertiary/aromatic N) is 2. The van der Waals surface area contributed by atoms with Crippen LogP contribution in [0.2, 0.25) is 0 Å². The Morgan fingerprint density at radius 1 is 1.38 bits per heavy atom. The Morgan fingerprint density at radius 2 is 2.06 bits per heavy atom. The lowest BCUT2D eigenvalue weighted by Gasteiger charge is -2.08. The fourth-order valence-corrected chi connectivity index (χ4v) is 1.70. The topological polar surface area (TPSA) is 55.1 Å². The van der Waals surface area contributed by atoms with Crippen molar-refractivity contribution in [2.24, 2.45) is 0 Å². The lowest BCUT2D eigenvalue weighted by Crippen LogP contribution is -2.07. The zero-order chi connectivity index (χ0) is 11.5. The Labute approximate surface area is 93.2 Å². The van der Waals surface area contributed by atoms with E-state index in [1.165, 1.54) is 0 Å². The maximum atomic E-state index is 10.7. The van der Waals surface area contributed by atoms with Gasteiger partial charge < -0.3 is 9.67 Å². The standard InChI is InChI=1S/C12H12N2O2/c1-9-13-8-11(7-12(15)16)14(9)10-5-3-2-4-6-10/h2-6,8H,7H2,1H3,(H,15,16). The molecule has 0 fully saturated rings. The fraction of sp³-hybridized carbons (Fsp3) is 0.167. The molecule has 1 aromatic heterocycles. The second kappa shape index (κ2) is 4.18. The van der Waals surface area contributed by atoms with E-state index in [1.54, 1.807) is 6.20 Å². The number of imidazole rings is 1. The second-order valence-corrected chi connectivity index (χ2v) is 3.54. The SMILES string of the molecule is Cc1ncc(CC(=O)O)n1-c1ccccc1. The van der Waals surface area contributed by atoms with Crippen molar-refractivity contribution in [3.63, 3.8) is 0 Å². The number of aromatic nitrogens is 2. The number of rotatable bonds is 3. The minimum atomic E-state index is -0.850. The van der Waals surface area contributed by atoms with Gasteiger partial charge in [-0.15, -0.1) is 0 Å². The summed E-state index contributed by atoms with van der Waals surface area (Å²) in [5, 5.41) is 8.81. The van der Waals surface area contributed by atoms with Crippen LogP contribution in [-0.2, 0) is 11.2 Å². The number of benzene rings is 1. The second-order valence-electron chi connectivity index (χ2n) is 3.54. The summed E-state index contributed by atoms with van der Waals surface area (Å²) in [5.74, 6) is -0.0560. The van der Waals surface area contributed by atoms with Gasteiger partial charge in [0, 0.05) is 11.9 Å². The van der Waals surface area contributed by atoms with Crippen LogP contribution < -0.4 is 0 Å². The third-order valence-corrected chi connectivity index (χ3v) is 2.36. The number of aliphatic carboxylic acids is 1. The number of carboxylic acid groups (broad SMARTS) is 1. The molecule has 0 bridgehead atoms. The molecule has 0 aliphatic carbocycles. The molecule has 2 rings (SSSR count). The smallest absolute Gasteiger partial charge is 0.309 e. The molecule has 4 heteroatoms. The largest absolute Gasteiger partial charge is 0.481 e. The maximum Gasteiger partial charge on any atom is 0.309 e. The first-order valence-corrected chi connectivity index (χ1v) is 4.99. The van der Waals surface area contributed by atoms with Gasteiger partial charge in [0.05, 0.1) is 12.1 Å². The average Bonchev–Trinajstić information content (AvgIpc) is 2.60. The highest BCUT2D eigenvalue weighted by Gasteiger charge is 2.11. The quantitative estimate of drug-likeness (QED) is 0.851. The van der Waals surface area contributed by atoms with Crippen molar-refractivity contribution in [3.05, 3.63) is 48.0 Å². The normalized spacial score (nSPS) is 10.3. The summed E-state index contributed by atoms with van der Waals surface area (Å²) in [4.78, 5) is 14.9. The first-order chi connectivity index (χ1) is 7.68. The zero-order valence-electron chi connectivity index (χ0n) is 8.92. The number of carbonyl (C=O) groups is 1. The number of para-hydroxylation sites is 1. The number of hydrogen-bond donors (Lipinski definition) is 1. The van der Waals surface area contributed by atoms with Gasteiger partial charge in [0.2, 0.25) is 0 Å². The fourth-order valence-electron chi connectivity index (χ4n) is 1.70. The van der Waals surface area contributed by atoms with E-state index in [0.717, 1.165) is 11.5 Å². The minimum absolute atomic E-state index is 0.0181. The lowest BCUT2D eigenvalue weighted by molar-refractivity contribution is -0.136. The van der Waals surface area contributed by atoms with Gasteiger partial charge >= 0.3 is 5.97 Å². The molecular weight excluding hydrogens is 204 g/mol. The summed E-state index contributed by atoms with van der Waals surface area (Å²) >= 11 is 0. The number of carboxylic acids is 1. The molecule has 4 nitrogen and oxygen atoms in total. The molecule has 0 atom stereocenters. The van der Waals surface area contributed by atoms with Crippen LogP contribution in [0.3, 0.4) is 0 Å². The molecule has 0 spiro atoms. The molecule has 1 heterocycles. The summed E-state index contributed by atoms with van der Waals surface area (Å²) < 4.78 is 1.86. The summed E-state index contributed by atoms with van der Waals surface area (Å²) in [6, 6.07) is 9.62. The summed E-state index contributed by atoms with van der Waals surface area (Å²) in [7, 11) is 0. The van der Waals surface area contributed by atoms with Gasteiger partial charge in [-0.3, -0.25) is 4.79 Å². The van der Waals surface area contributed by atoms with Crippen LogP contribution in [0.25, 0.3) is 5.69 Å². The lowest BCUT2D eigenvalue weighted by atomic mass is 10.2. The van der Waals surface area contributed by atoms with Crippen LogP contribution in [-0.4, -0.2) is 20.6 Å². The molecule has 0 amide bonds.